The normalized spacial score (nSPS) is 29.1. The lowest BCUT2D eigenvalue weighted by atomic mass is 9.92. The summed E-state index contributed by atoms with van der Waals surface area (Å²) in [6.45, 7) is 1.59. The molecule has 3 heterocycles. The maximum atomic E-state index is 13.8. The topological polar surface area (TPSA) is 105 Å². The molecular formula is C23H22ClF3N4O4. The molecule has 2 aliphatic rings. The summed E-state index contributed by atoms with van der Waals surface area (Å²) in [5, 5.41) is 19.1. The van der Waals surface area contributed by atoms with Gasteiger partial charge in [-0.25, -0.2) is 0 Å². The highest BCUT2D eigenvalue weighted by molar-refractivity contribution is 6.30. The molecule has 0 radical (unpaired) electrons. The SMILES string of the molecule is Cc1nnc([C@@H]2OC3COC(c4ccccc4)O[C@@H]3[C@H](N)C2O)n1-c1cc(Cl)ccc1C(F)(F)F. The van der Waals surface area contributed by atoms with Crippen molar-refractivity contribution in [3.05, 3.63) is 76.3 Å². The van der Waals surface area contributed by atoms with Gasteiger partial charge in [0.25, 0.3) is 0 Å². The standard InChI is InChI=1S/C23H22ClF3N4O4/c1-11-29-30-21(31(11)15-9-13(24)7-8-14(15)23(25,26)27)20-18(32)17(28)19-16(34-20)10-33-22(35-19)12-5-3-2-4-6-12/h2-9,16-20,22,32H,10,28H2,1H3/t16?,17-,18?,19+,20-,22?/m1/s1. The van der Waals surface area contributed by atoms with E-state index in [9.17, 15) is 18.3 Å². The van der Waals surface area contributed by atoms with E-state index in [4.69, 9.17) is 31.5 Å². The van der Waals surface area contributed by atoms with E-state index in [0.717, 1.165) is 17.7 Å². The van der Waals surface area contributed by atoms with Crippen molar-refractivity contribution < 1.29 is 32.5 Å². The van der Waals surface area contributed by atoms with Crippen LogP contribution < -0.4 is 5.73 Å². The fourth-order valence-electron chi connectivity index (χ4n) is 4.46. The van der Waals surface area contributed by atoms with Crippen LogP contribution in [0.5, 0.6) is 0 Å². The lowest BCUT2D eigenvalue weighted by molar-refractivity contribution is -0.309. The summed E-state index contributed by atoms with van der Waals surface area (Å²) in [4.78, 5) is 0. The first-order valence-corrected chi connectivity index (χ1v) is 11.2. The molecule has 0 spiro atoms. The summed E-state index contributed by atoms with van der Waals surface area (Å²) in [6.07, 6.45) is -9.30. The third kappa shape index (κ3) is 4.44. The summed E-state index contributed by atoms with van der Waals surface area (Å²) in [5.74, 6) is 0.112. The molecule has 2 aliphatic heterocycles. The zero-order valence-corrected chi connectivity index (χ0v) is 19.1. The number of alkyl halides is 3. The highest BCUT2D eigenvalue weighted by Gasteiger charge is 2.50. The Morgan fingerprint density at radius 3 is 2.57 bits per heavy atom. The molecule has 0 bridgehead atoms. The van der Waals surface area contributed by atoms with Gasteiger partial charge in [-0.3, -0.25) is 4.57 Å². The van der Waals surface area contributed by atoms with E-state index in [0.29, 0.717) is 0 Å². The molecule has 2 saturated heterocycles. The van der Waals surface area contributed by atoms with Crippen molar-refractivity contribution in [3.8, 4) is 5.69 Å². The highest BCUT2D eigenvalue weighted by Crippen LogP contribution is 2.41. The Kier molecular flexibility index (Phi) is 6.32. The van der Waals surface area contributed by atoms with Crippen molar-refractivity contribution >= 4 is 11.6 Å². The van der Waals surface area contributed by atoms with Crippen molar-refractivity contribution in [1.29, 1.82) is 0 Å². The number of hydrogen-bond acceptors (Lipinski definition) is 7. The molecule has 2 aromatic carbocycles. The molecule has 0 amide bonds. The number of benzene rings is 2. The first-order valence-electron chi connectivity index (χ1n) is 10.9. The Labute approximate surface area is 203 Å². The van der Waals surface area contributed by atoms with Gasteiger partial charge in [-0.05, 0) is 25.1 Å². The minimum absolute atomic E-state index is 0.0400. The molecular weight excluding hydrogens is 489 g/mol. The molecule has 3 N–H and O–H groups in total. The number of nitrogens with zero attached hydrogens (tertiary/aromatic N) is 3. The largest absolute Gasteiger partial charge is 0.418 e. The smallest absolute Gasteiger partial charge is 0.388 e. The van der Waals surface area contributed by atoms with E-state index in [1.54, 1.807) is 0 Å². The predicted molar refractivity (Wildman–Crippen MR) is 118 cm³/mol. The zero-order chi connectivity index (χ0) is 24.9. The monoisotopic (exact) mass is 510 g/mol. The molecule has 35 heavy (non-hydrogen) atoms. The van der Waals surface area contributed by atoms with Gasteiger partial charge in [-0.2, -0.15) is 13.2 Å². The van der Waals surface area contributed by atoms with E-state index in [-0.39, 0.29) is 29.0 Å². The summed E-state index contributed by atoms with van der Waals surface area (Å²) in [5.41, 5.74) is 5.91. The van der Waals surface area contributed by atoms with Crippen LogP contribution in [0.4, 0.5) is 13.2 Å². The van der Waals surface area contributed by atoms with E-state index < -0.39 is 48.5 Å². The van der Waals surface area contributed by atoms with Crippen LogP contribution in [0.1, 0.15) is 35.2 Å². The van der Waals surface area contributed by atoms with Crippen LogP contribution in [0.3, 0.4) is 0 Å². The summed E-state index contributed by atoms with van der Waals surface area (Å²) in [6, 6.07) is 11.5. The van der Waals surface area contributed by atoms with E-state index in [2.05, 4.69) is 10.2 Å². The molecule has 0 aliphatic carbocycles. The summed E-state index contributed by atoms with van der Waals surface area (Å²) < 4.78 is 60.4. The second-order valence-corrected chi connectivity index (χ2v) is 8.88. The minimum atomic E-state index is -4.67. The lowest BCUT2D eigenvalue weighted by Crippen LogP contribution is -2.62. The van der Waals surface area contributed by atoms with Gasteiger partial charge in [0.05, 0.1) is 23.9 Å². The van der Waals surface area contributed by atoms with Gasteiger partial charge < -0.3 is 25.1 Å². The van der Waals surface area contributed by atoms with E-state index >= 15 is 0 Å². The molecule has 186 valence electrons. The van der Waals surface area contributed by atoms with Gasteiger partial charge >= 0.3 is 6.18 Å². The van der Waals surface area contributed by atoms with E-state index in [1.165, 1.54) is 17.6 Å². The Morgan fingerprint density at radius 2 is 1.86 bits per heavy atom. The molecule has 12 heteroatoms. The number of aliphatic hydroxyl groups excluding tert-OH is 1. The number of halogens is 4. The fourth-order valence-corrected chi connectivity index (χ4v) is 4.62. The van der Waals surface area contributed by atoms with Crippen LogP contribution in [-0.2, 0) is 20.4 Å². The second-order valence-electron chi connectivity index (χ2n) is 8.44. The molecule has 3 aromatic rings. The average molecular weight is 511 g/mol. The van der Waals surface area contributed by atoms with Crippen LogP contribution in [0, 0.1) is 6.92 Å². The van der Waals surface area contributed by atoms with E-state index in [1.807, 2.05) is 30.3 Å². The lowest BCUT2D eigenvalue weighted by Gasteiger charge is -2.46. The Hall–Kier alpha value is -2.54. The Balaban J connectivity index is 1.48. The zero-order valence-electron chi connectivity index (χ0n) is 18.4. The predicted octanol–water partition coefficient (Wildman–Crippen LogP) is 3.49. The maximum absolute atomic E-state index is 13.8. The van der Waals surface area contributed by atoms with Crippen LogP contribution in [0.15, 0.2) is 48.5 Å². The van der Waals surface area contributed by atoms with Crippen LogP contribution in [-0.4, -0.2) is 50.8 Å². The van der Waals surface area contributed by atoms with Crippen molar-refractivity contribution in [2.75, 3.05) is 6.61 Å². The molecule has 3 unspecified atom stereocenters. The summed E-state index contributed by atoms with van der Waals surface area (Å²) >= 11 is 6.03. The van der Waals surface area contributed by atoms with Gasteiger partial charge in [0.15, 0.2) is 12.1 Å². The number of hydrogen-bond donors (Lipinski definition) is 2. The van der Waals surface area contributed by atoms with Crippen LogP contribution in [0.25, 0.3) is 5.69 Å². The summed E-state index contributed by atoms with van der Waals surface area (Å²) in [7, 11) is 0. The third-order valence-electron chi connectivity index (χ3n) is 6.15. The molecule has 1 aromatic heterocycles. The molecule has 8 nitrogen and oxygen atoms in total. The van der Waals surface area contributed by atoms with Crippen molar-refractivity contribution in [2.24, 2.45) is 5.73 Å². The molecule has 2 fully saturated rings. The maximum Gasteiger partial charge on any atom is 0.418 e. The van der Waals surface area contributed by atoms with Crippen molar-refractivity contribution in [1.82, 2.24) is 14.8 Å². The number of rotatable bonds is 3. The number of aryl methyl sites for hydroxylation is 1. The van der Waals surface area contributed by atoms with Crippen LogP contribution in [0.2, 0.25) is 5.02 Å². The van der Waals surface area contributed by atoms with Gasteiger partial charge in [-0.15, -0.1) is 10.2 Å². The van der Waals surface area contributed by atoms with Gasteiger partial charge in [-0.1, -0.05) is 41.9 Å². The minimum Gasteiger partial charge on any atom is -0.388 e. The third-order valence-corrected chi connectivity index (χ3v) is 6.38. The van der Waals surface area contributed by atoms with Gasteiger partial charge in [0.2, 0.25) is 0 Å². The quantitative estimate of drug-likeness (QED) is 0.556. The second kappa shape index (κ2) is 9.16. The molecule has 6 atom stereocenters. The van der Waals surface area contributed by atoms with Crippen molar-refractivity contribution in [2.45, 2.75) is 49.8 Å². The van der Waals surface area contributed by atoms with Gasteiger partial charge in [0.1, 0.15) is 30.2 Å². The average Bonchev–Trinajstić information content (AvgIpc) is 3.21. The number of fused-ring (bicyclic) bond motifs is 1. The number of nitrogens with two attached hydrogens (primary N) is 1. The number of aliphatic hydroxyl groups is 1. The Morgan fingerprint density at radius 1 is 1.11 bits per heavy atom. The highest BCUT2D eigenvalue weighted by atomic mass is 35.5. The molecule has 0 saturated carbocycles. The first-order chi connectivity index (χ1) is 16.6. The first kappa shape index (κ1) is 24.2. The fraction of sp³-hybridized carbons (Fsp3) is 0.391. The van der Waals surface area contributed by atoms with Crippen molar-refractivity contribution in [3.63, 3.8) is 0 Å². The Bertz CT molecular complexity index is 1210. The van der Waals surface area contributed by atoms with Gasteiger partial charge in [0, 0.05) is 10.6 Å². The van der Waals surface area contributed by atoms with Crippen LogP contribution >= 0.6 is 11.6 Å². The number of ether oxygens (including phenoxy) is 3. The molecule has 5 rings (SSSR count). The number of aromatic nitrogens is 3.